The molecular formula is C23H20ClNO3. The molecule has 2 N–H and O–H groups in total. The van der Waals surface area contributed by atoms with E-state index in [1.165, 1.54) is 11.1 Å². The maximum atomic E-state index is 12.4. The Morgan fingerprint density at radius 1 is 0.964 bits per heavy atom. The molecule has 28 heavy (non-hydrogen) atoms. The lowest BCUT2D eigenvalue weighted by Gasteiger charge is -2.19. The third-order valence-corrected chi connectivity index (χ3v) is 5.34. The predicted octanol–water partition coefficient (Wildman–Crippen LogP) is 4.91. The Hall–Kier alpha value is -2.82. The highest BCUT2D eigenvalue weighted by Crippen LogP contribution is 2.44. The van der Waals surface area contributed by atoms with E-state index in [9.17, 15) is 9.90 Å². The fourth-order valence-corrected chi connectivity index (χ4v) is 3.84. The van der Waals surface area contributed by atoms with E-state index >= 15 is 0 Å². The summed E-state index contributed by atoms with van der Waals surface area (Å²) in [6, 6.07) is 22.8. The Bertz CT molecular complexity index is 942. The van der Waals surface area contributed by atoms with Crippen LogP contribution in [0.25, 0.3) is 11.1 Å². The van der Waals surface area contributed by atoms with Crippen LogP contribution in [0.3, 0.4) is 0 Å². The maximum Gasteiger partial charge on any atom is 0.407 e. The molecule has 0 fully saturated rings. The van der Waals surface area contributed by atoms with Crippen molar-refractivity contribution in [1.29, 1.82) is 0 Å². The minimum atomic E-state index is -0.559. The minimum Gasteiger partial charge on any atom is -0.449 e. The molecule has 1 amide bonds. The van der Waals surface area contributed by atoms with E-state index in [1.807, 2.05) is 24.3 Å². The number of benzene rings is 3. The highest BCUT2D eigenvalue weighted by molar-refractivity contribution is 6.30. The number of rotatable bonds is 5. The number of fused-ring (bicyclic) bond motifs is 3. The van der Waals surface area contributed by atoms with Gasteiger partial charge in [0.05, 0.1) is 12.6 Å². The molecule has 0 unspecified atom stereocenters. The van der Waals surface area contributed by atoms with Gasteiger partial charge in [-0.2, -0.15) is 0 Å². The molecule has 0 radical (unpaired) electrons. The second-order valence-corrected chi connectivity index (χ2v) is 7.19. The molecule has 142 valence electrons. The molecule has 0 spiro atoms. The summed E-state index contributed by atoms with van der Waals surface area (Å²) in [5.74, 6) is 0.00117. The van der Waals surface area contributed by atoms with Gasteiger partial charge >= 0.3 is 6.09 Å². The number of alkyl carbamates (subject to hydrolysis) is 1. The summed E-state index contributed by atoms with van der Waals surface area (Å²) in [6.07, 6.45) is -0.559. The van der Waals surface area contributed by atoms with E-state index in [0.29, 0.717) is 5.02 Å². The van der Waals surface area contributed by atoms with Gasteiger partial charge in [-0.3, -0.25) is 0 Å². The number of aliphatic hydroxyl groups is 1. The summed E-state index contributed by atoms with van der Waals surface area (Å²) in [4.78, 5) is 12.4. The highest BCUT2D eigenvalue weighted by atomic mass is 35.5. The van der Waals surface area contributed by atoms with Gasteiger partial charge in [0, 0.05) is 10.9 Å². The molecule has 4 nitrogen and oxygen atoms in total. The zero-order chi connectivity index (χ0) is 19.5. The lowest BCUT2D eigenvalue weighted by molar-refractivity contribution is 0.132. The summed E-state index contributed by atoms with van der Waals surface area (Å²) in [6.45, 7) is 0.00442. The Kier molecular flexibility index (Phi) is 5.33. The van der Waals surface area contributed by atoms with Gasteiger partial charge in [0.15, 0.2) is 0 Å². The van der Waals surface area contributed by atoms with Crippen LogP contribution in [-0.2, 0) is 4.74 Å². The van der Waals surface area contributed by atoms with Gasteiger partial charge in [-0.25, -0.2) is 4.79 Å². The minimum absolute atomic E-state index is 0.00117. The van der Waals surface area contributed by atoms with E-state index in [0.717, 1.165) is 16.7 Å². The van der Waals surface area contributed by atoms with Gasteiger partial charge in [0.25, 0.3) is 0 Å². The van der Waals surface area contributed by atoms with E-state index in [2.05, 4.69) is 29.6 Å². The first-order chi connectivity index (χ1) is 13.7. The van der Waals surface area contributed by atoms with Crippen LogP contribution in [0.4, 0.5) is 4.79 Å². The van der Waals surface area contributed by atoms with Crippen molar-refractivity contribution in [3.63, 3.8) is 0 Å². The van der Waals surface area contributed by atoms with Crippen LogP contribution in [0, 0.1) is 0 Å². The van der Waals surface area contributed by atoms with Crippen molar-refractivity contribution in [3.05, 3.63) is 94.5 Å². The normalized spacial score (nSPS) is 13.5. The average molecular weight is 394 g/mol. The van der Waals surface area contributed by atoms with Crippen LogP contribution >= 0.6 is 11.6 Å². The summed E-state index contributed by atoms with van der Waals surface area (Å²) in [5, 5.41) is 13.0. The molecule has 0 bridgehead atoms. The van der Waals surface area contributed by atoms with Gasteiger partial charge in [-0.15, -0.1) is 0 Å². The van der Waals surface area contributed by atoms with Crippen molar-refractivity contribution in [1.82, 2.24) is 5.32 Å². The van der Waals surface area contributed by atoms with E-state index < -0.39 is 12.1 Å². The lowest BCUT2D eigenvalue weighted by atomic mass is 9.98. The maximum absolute atomic E-state index is 12.4. The lowest BCUT2D eigenvalue weighted by Crippen LogP contribution is -2.32. The van der Waals surface area contributed by atoms with Crippen LogP contribution in [0.5, 0.6) is 0 Å². The number of halogens is 1. The first-order valence-electron chi connectivity index (χ1n) is 9.15. The van der Waals surface area contributed by atoms with Gasteiger partial charge in [0.2, 0.25) is 0 Å². The number of nitrogens with one attached hydrogen (secondary N) is 1. The Labute approximate surface area is 168 Å². The first kappa shape index (κ1) is 18.5. The Morgan fingerprint density at radius 3 is 2.11 bits per heavy atom. The van der Waals surface area contributed by atoms with Crippen LogP contribution in [0.15, 0.2) is 72.8 Å². The summed E-state index contributed by atoms with van der Waals surface area (Å²) >= 11 is 5.90. The highest BCUT2D eigenvalue weighted by Gasteiger charge is 2.29. The monoisotopic (exact) mass is 393 g/mol. The predicted molar refractivity (Wildman–Crippen MR) is 109 cm³/mol. The second-order valence-electron chi connectivity index (χ2n) is 6.76. The molecule has 0 saturated carbocycles. The molecule has 4 rings (SSSR count). The van der Waals surface area contributed by atoms with Crippen LogP contribution in [-0.4, -0.2) is 24.4 Å². The van der Waals surface area contributed by atoms with Gasteiger partial charge in [-0.05, 0) is 39.9 Å². The smallest absolute Gasteiger partial charge is 0.407 e. The van der Waals surface area contributed by atoms with Crippen molar-refractivity contribution < 1.29 is 14.6 Å². The number of hydrogen-bond donors (Lipinski definition) is 2. The molecule has 1 atom stereocenters. The standard InChI is InChI=1S/C23H20ClNO3/c24-16-11-9-15(10-12-16)22(13-26)25-23(27)28-14-21-19-7-3-1-5-17(19)18-6-2-4-8-20(18)21/h1-12,21-22,26H,13-14H2,(H,25,27)/t22-/m0/s1. The molecule has 3 aromatic carbocycles. The van der Waals surface area contributed by atoms with Crippen molar-refractivity contribution >= 4 is 17.7 Å². The van der Waals surface area contributed by atoms with Crippen LogP contribution in [0.1, 0.15) is 28.7 Å². The van der Waals surface area contributed by atoms with Crippen molar-refractivity contribution in [2.75, 3.05) is 13.2 Å². The molecule has 0 aromatic heterocycles. The SMILES string of the molecule is O=C(N[C@@H](CO)c1ccc(Cl)cc1)OCC1c2ccccc2-c2ccccc21. The third-order valence-electron chi connectivity index (χ3n) is 5.09. The van der Waals surface area contributed by atoms with Crippen molar-refractivity contribution in [2.45, 2.75) is 12.0 Å². The largest absolute Gasteiger partial charge is 0.449 e. The Morgan fingerprint density at radius 2 is 1.54 bits per heavy atom. The van der Waals surface area contributed by atoms with E-state index in [1.54, 1.807) is 24.3 Å². The molecule has 0 saturated heterocycles. The van der Waals surface area contributed by atoms with Gasteiger partial charge in [0.1, 0.15) is 6.61 Å². The van der Waals surface area contributed by atoms with Crippen molar-refractivity contribution in [3.8, 4) is 11.1 Å². The van der Waals surface area contributed by atoms with E-state index in [4.69, 9.17) is 16.3 Å². The summed E-state index contributed by atoms with van der Waals surface area (Å²) in [5.41, 5.74) is 5.45. The summed E-state index contributed by atoms with van der Waals surface area (Å²) in [7, 11) is 0. The molecule has 5 heteroatoms. The fraction of sp³-hybridized carbons (Fsp3) is 0.174. The van der Waals surface area contributed by atoms with Crippen LogP contribution in [0.2, 0.25) is 5.02 Å². The topological polar surface area (TPSA) is 58.6 Å². The van der Waals surface area contributed by atoms with Crippen molar-refractivity contribution in [2.24, 2.45) is 0 Å². The summed E-state index contributed by atoms with van der Waals surface area (Å²) < 4.78 is 5.53. The average Bonchev–Trinajstić information content (AvgIpc) is 3.05. The quantitative estimate of drug-likeness (QED) is 0.647. The molecular weight excluding hydrogens is 374 g/mol. The molecule has 1 aliphatic carbocycles. The molecule has 1 aliphatic rings. The third kappa shape index (κ3) is 3.61. The number of aliphatic hydroxyl groups excluding tert-OH is 1. The number of carbonyl (C=O) groups is 1. The van der Waals surface area contributed by atoms with Gasteiger partial charge < -0.3 is 15.2 Å². The first-order valence-corrected chi connectivity index (χ1v) is 9.53. The van der Waals surface area contributed by atoms with E-state index in [-0.39, 0.29) is 19.1 Å². The zero-order valence-electron chi connectivity index (χ0n) is 15.1. The zero-order valence-corrected chi connectivity index (χ0v) is 15.9. The van der Waals surface area contributed by atoms with Gasteiger partial charge in [-0.1, -0.05) is 72.3 Å². The molecule has 3 aromatic rings. The van der Waals surface area contributed by atoms with Crippen LogP contribution < -0.4 is 5.32 Å². The molecule has 0 heterocycles. The fourth-order valence-electron chi connectivity index (χ4n) is 3.71. The number of ether oxygens (including phenoxy) is 1. The number of carbonyl (C=O) groups excluding carboxylic acids is 1. The molecule has 0 aliphatic heterocycles. The Balaban J connectivity index is 1.45. The number of amides is 1. The second kappa shape index (κ2) is 8.05. The number of hydrogen-bond acceptors (Lipinski definition) is 3.